The number of carbonyl (C=O) groups excluding carboxylic acids is 1. The van der Waals surface area contributed by atoms with Gasteiger partial charge in [0.1, 0.15) is 17.1 Å². The van der Waals surface area contributed by atoms with Gasteiger partial charge in [-0.15, -0.1) is 0 Å². The van der Waals surface area contributed by atoms with E-state index in [0.717, 1.165) is 66.6 Å². The summed E-state index contributed by atoms with van der Waals surface area (Å²) >= 11 is 0. The largest absolute Gasteiger partial charge is 0.497 e. The van der Waals surface area contributed by atoms with Crippen molar-refractivity contribution in [3.8, 4) is 5.75 Å². The summed E-state index contributed by atoms with van der Waals surface area (Å²) < 4.78 is 11.4. The highest BCUT2D eigenvalue weighted by atomic mass is 16.5. The van der Waals surface area contributed by atoms with Crippen molar-refractivity contribution in [3.05, 3.63) is 65.7 Å². The van der Waals surface area contributed by atoms with E-state index in [-0.39, 0.29) is 11.9 Å². The summed E-state index contributed by atoms with van der Waals surface area (Å²) in [5.41, 5.74) is 3.17. The fourth-order valence-corrected chi connectivity index (χ4v) is 3.89. The predicted molar refractivity (Wildman–Crippen MR) is 130 cm³/mol. The van der Waals surface area contributed by atoms with Crippen molar-refractivity contribution >= 4 is 23.0 Å². The van der Waals surface area contributed by atoms with Crippen molar-refractivity contribution in [1.82, 2.24) is 10.3 Å². The van der Waals surface area contributed by atoms with Crippen LogP contribution in [0.1, 0.15) is 62.8 Å². The molecule has 5 nitrogen and oxygen atoms in total. The Kier molecular flexibility index (Phi) is 8.90. The Morgan fingerprint density at radius 2 is 2.09 bits per heavy atom. The first kappa shape index (κ1) is 23.6. The molecule has 32 heavy (non-hydrogen) atoms. The normalized spacial score (nSPS) is 12.3. The molecule has 170 valence electrons. The number of furan rings is 1. The Morgan fingerprint density at radius 1 is 1.22 bits per heavy atom. The van der Waals surface area contributed by atoms with Gasteiger partial charge in [0.2, 0.25) is 5.91 Å². The zero-order valence-corrected chi connectivity index (χ0v) is 19.4. The van der Waals surface area contributed by atoms with Crippen LogP contribution >= 0.6 is 0 Å². The standard InChI is InChI=1S/C27H34N2O3/c1-4-5-6-12-23-24-14-13-22(31-3)18-26(24)32-25(23)15-16-27(30)29-20(2)9-7-10-21-11-8-17-28-19-21/h8,11,13-20H,4-7,9-10,12H2,1-3H3,(H,29,30)/t20-/m1/s1. The number of nitrogens with zero attached hydrogens (tertiary/aromatic N) is 1. The van der Waals surface area contributed by atoms with Crippen LogP contribution in [0.3, 0.4) is 0 Å². The molecule has 0 saturated heterocycles. The molecule has 3 aromatic rings. The lowest BCUT2D eigenvalue weighted by molar-refractivity contribution is -0.117. The van der Waals surface area contributed by atoms with Crippen molar-refractivity contribution in [2.24, 2.45) is 0 Å². The van der Waals surface area contributed by atoms with E-state index >= 15 is 0 Å². The maximum absolute atomic E-state index is 12.5. The molecule has 0 radical (unpaired) electrons. The second-order valence-corrected chi connectivity index (χ2v) is 8.26. The van der Waals surface area contributed by atoms with Gasteiger partial charge in [-0.3, -0.25) is 9.78 Å². The average molecular weight is 435 g/mol. The van der Waals surface area contributed by atoms with Crippen LogP contribution in [-0.4, -0.2) is 24.0 Å². The first-order valence-electron chi connectivity index (χ1n) is 11.6. The van der Waals surface area contributed by atoms with Gasteiger partial charge in [0.25, 0.3) is 0 Å². The summed E-state index contributed by atoms with van der Waals surface area (Å²) in [5, 5.41) is 4.15. The van der Waals surface area contributed by atoms with E-state index in [9.17, 15) is 4.79 Å². The van der Waals surface area contributed by atoms with Gasteiger partial charge in [0.15, 0.2) is 0 Å². The third kappa shape index (κ3) is 6.71. The van der Waals surface area contributed by atoms with Crippen molar-refractivity contribution in [2.75, 3.05) is 7.11 Å². The predicted octanol–water partition coefficient (Wildman–Crippen LogP) is 6.11. The van der Waals surface area contributed by atoms with Gasteiger partial charge in [-0.2, -0.15) is 0 Å². The van der Waals surface area contributed by atoms with E-state index in [1.807, 2.05) is 37.4 Å². The van der Waals surface area contributed by atoms with Gasteiger partial charge in [-0.25, -0.2) is 0 Å². The number of pyridine rings is 1. The number of rotatable bonds is 12. The van der Waals surface area contributed by atoms with Crippen LogP contribution in [0.25, 0.3) is 17.0 Å². The molecule has 0 fully saturated rings. The minimum Gasteiger partial charge on any atom is -0.497 e. The molecule has 0 spiro atoms. The number of amides is 1. The number of carbonyl (C=O) groups is 1. The van der Waals surface area contributed by atoms with Crippen molar-refractivity contribution in [2.45, 2.75) is 64.8 Å². The third-order valence-electron chi connectivity index (χ3n) is 5.66. The van der Waals surface area contributed by atoms with Crippen LogP contribution in [0.5, 0.6) is 5.75 Å². The van der Waals surface area contributed by atoms with E-state index in [2.05, 4.69) is 23.3 Å². The van der Waals surface area contributed by atoms with Crippen molar-refractivity contribution in [1.29, 1.82) is 0 Å². The Hall–Kier alpha value is -3.08. The molecule has 2 aromatic heterocycles. The Labute approximate surface area is 190 Å². The summed E-state index contributed by atoms with van der Waals surface area (Å²) in [6, 6.07) is 10.0. The number of unbranched alkanes of at least 4 members (excludes halogenated alkanes) is 2. The highest BCUT2D eigenvalue weighted by molar-refractivity contribution is 5.93. The SMILES string of the molecule is CCCCCc1c(C=CC(=O)N[C@H](C)CCCc2cccnc2)oc2cc(OC)ccc12. The molecule has 2 heterocycles. The summed E-state index contributed by atoms with van der Waals surface area (Å²) in [7, 11) is 1.65. The molecule has 1 N–H and O–H groups in total. The molecule has 1 aromatic carbocycles. The smallest absolute Gasteiger partial charge is 0.244 e. The number of nitrogens with one attached hydrogen (secondary N) is 1. The molecule has 1 atom stereocenters. The monoisotopic (exact) mass is 434 g/mol. The van der Waals surface area contributed by atoms with Gasteiger partial charge < -0.3 is 14.5 Å². The van der Waals surface area contributed by atoms with Gasteiger partial charge >= 0.3 is 0 Å². The van der Waals surface area contributed by atoms with E-state index in [0.29, 0.717) is 0 Å². The Balaban J connectivity index is 1.61. The highest BCUT2D eigenvalue weighted by Gasteiger charge is 2.13. The maximum atomic E-state index is 12.5. The lowest BCUT2D eigenvalue weighted by atomic mass is 10.0. The van der Waals surface area contributed by atoms with E-state index < -0.39 is 0 Å². The molecule has 0 aliphatic rings. The molecule has 0 aliphatic carbocycles. The van der Waals surface area contributed by atoms with E-state index in [1.54, 1.807) is 25.5 Å². The number of hydrogen-bond donors (Lipinski definition) is 1. The zero-order valence-electron chi connectivity index (χ0n) is 19.4. The van der Waals surface area contributed by atoms with Crippen LogP contribution in [0, 0.1) is 0 Å². The summed E-state index contributed by atoms with van der Waals surface area (Å²) in [5.74, 6) is 1.42. The fraction of sp³-hybridized carbons (Fsp3) is 0.407. The number of methoxy groups -OCH3 is 1. The van der Waals surface area contributed by atoms with E-state index in [1.165, 1.54) is 12.0 Å². The van der Waals surface area contributed by atoms with Crippen molar-refractivity contribution < 1.29 is 13.9 Å². The molecular formula is C27H34N2O3. The topological polar surface area (TPSA) is 64.4 Å². The Morgan fingerprint density at radius 3 is 2.84 bits per heavy atom. The quantitative estimate of drug-likeness (QED) is 0.276. The first-order chi connectivity index (χ1) is 15.6. The first-order valence-corrected chi connectivity index (χ1v) is 11.6. The molecule has 1 amide bonds. The second-order valence-electron chi connectivity index (χ2n) is 8.26. The third-order valence-corrected chi connectivity index (χ3v) is 5.66. The molecule has 0 bridgehead atoms. The fourth-order valence-electron chi connectivity index (χ4n) is 3.89. The molecule has 5 heteroatoms. The minimum atomic E-state index is -0.101. The minimum absolute atomic E-state index is 0.101. The van der Waals surface area contributed by atoms with Gasteiger partial charge in [0.05, 0.1) is 7.11 Å². The van der Waals surface area contributed by atoms with Gasteiger partial charge in [0, 0.05) is 41.5 Å². The van der Waals surface area contributed by atoms with E-state index in [4.69, 9.17) is 9.15 Å². The zero-order chi connectivity index (χ0) is 22.8. The van der Waals surface area contributed by atoms with Crippen LogP contribution in [0.15, 0.2) is 53.2 Å². The number of aromatic nitrogens is 1. The van der Waals surface area contributed by atoms with Gasteiger partial charge in [-0.1, -0.05) is 25.8 Å². The number of aryl methyl sites for hydroxylation is 2. The lowest BCUT2D eigenvalue weighted by Gasteiger charge is -2.12. The molecule has 3 rings (SSSR count). The highest BCUT2D eigenvalue weighted by Crippen LogP contribution is 2.31. The average Bonchev–Trinajstić information content (AvgIpc) is 3.15. The number of ether oxygens (including phenoxy) is 1. The number of benzene rings is 1. The lowest BCUT2D eigenvalue weighted by Crippen LogP contribution is -2.31. The molecule has 0 aliphatic heterocycles. The molecular weight excluding hydrogens is 400 g/mol. The van der Waals surface area contributed by atoms with Crippen LogP contribution in [-0.2, 0) is 17.6 Å². The maximum Gasteiger partial charge on any atom is 0.244 e. The van der Waals surface area contributed by atoms with Crippen LogP contribution in [0.4, 0.5) is 0 Å². The second kappa shape index (κ2) is 12.1. The summed E-state index contributed by atoms with van der Waals surface area (Å²) in [6.07, 6.45) is 14.3. The Bertz CT molecular complexity index is 1020. The van der Waals surface area contributed by atoms with Gasteiger partial charge in [-0.05, 0) is 68.9 Å². The summed E-state index contributed by atoms with van der Waals surface area (Å²) in [6.45, 7) is 4.24. The number of fused-ring (bicyclic) bond motifs is 1. The van der Waals surface area contributed by atoms with Crippen LogP contribution in [0.2, 0.25) is 0 Å². The number of hydrogen-bond acceptors (Lipinski definition) is 4. The van der Waals surface area contributed by atoms with Crippen LogP contribution < -0.4 is 10.1 Å². The summed E-state index contributed by atoms with van der Waals surface area (Å²) in [4.78, 5) is 16.6. The van der Waals surface area contributed by atoms with Crippen molar-refractivity contribution in [3.63, 3.8) is 0 Å². The molecule has 0 saturated carbocycles. The molecule has 0 unspecified atom stereocenters.